The normalized spacial score (nSPS) is 10.6. The Morgan fingerprint density at radius 2 is 1.50 bits per heavy atom. The predicted molar refractivity (Wildman–Crippen MR) is 153 cm³/mol. The van der Waals surface area contributed by atoms with E-state index in [0.717, 1.165) is 12.0 Å². The molecule has 4 N–H and O–H groups in total. The van der Waals surface area contributed by atoms with Crippen molar-refractivity contribution in [3.63, 3.8) is 0 Å². The van der Waals surface area contributed by atoms with Crippen LogP contribution >= 0.6 is 0 Å². The number of aromatic carboxylic acids is 1. The molecule has 5 rings (SSSR count). The second kappa shape index (κ2) is 11.4. The largest absolute Gasteiger partial charge is 0.478 e. The number of aromatic nitrogens is 1. The Kier molecular flexibility index (Phi) is 7.38. The zero-order valence-corrected chi connectivity index (χ0v) is 21.3. The molecule has 0 radical (unpaired) electrons. The number of rotatable bonds is 8. The number of carboxylic acid groups (broad SMARTS) is 1. The van der Waals surface area contributed by atoms with E-state index in [1.807, 2.05) is 42.5 Å². The molecule has 0 bridgehead atoms. The molecular formula is C32H24N4O4. The number of nitriles is 1. The maximum atomic E-state index is 13.3. The van der Waals surface area contributed by atoms with E-state index in [2.05, 4.69) is 27.8 Å². The fourth-order valence-corrected chi connectivity index (χ4v) is 4.55. The third-order valence-corrected chi connectivity index (χ3v) is 6.56. The van der Waals surface area contributed by atoms with Crippen LogP contribution < -0.4 is 10.6 Å². The second-order valence-electron chi connectivity index (χ2n) is 9.18. The highest BCUT2D eigenvalue weighted by Gasteiger charge is 2.18. The number of H-pyrrole nitrogens is 1. The van der Waals surface area contributed by atoms with Crippen molar-refractivity contribution in [2.24, 2.45) is 0 Å². The van der Waals surface area contributed by atoms with Gasteiger partial charge in [0, 0.05) is 10.9 Å². The van der Waals surface area contributed by atoms with Crippen LogP contribution in [0.1, 0.15) is 47.9 Å². The zero-order chi connectivity index (χ0) is 28.1. The van der Waals surface area contributed by atoms with Crippen LogP contribution in [0.5, 0.6) is 0 Å². The Labute approximate surface area is 229 Å². The molecule has 5 aromatic rings. The maximum absolute atomic E-state index is 13.3. The van der Waals surface area contributed by atoms with Crippen molar-refractivity contribution in [2.45, 2.75) is 12.8 Å². The summed E-state index contributed by atoms with van der Waals surface area (Å²) in [6.45, 7) is 0. The molecule has 196 valence electrons. The van der Waals surface area contributed by atoms with E-state index < -0.39 is 11.9 Å². The zero-order valence-electron chi connectivity index (χ0n) is 21.3. The lowest BCUT2D eigenvalue weighted by Gasteiger charge is -2.11. The minimum Gasteiger partial charge on any atom is -0.478 e. The van der Waals surface area contributed by atoms with Crippen molar-refractivity contribution in [1.29, 1.82) is 5.26 Å². The average Bonchev–Trinajstić information content (AvgIpc) is 3.43. The van der Waals surface area contributed by atoms with Gasteiger partial charge in [0.15, 0.2) is 0 Å². The number of carbonyl (C=O) groups excluding carboxylic acids is 2. The van der Waals surface area contributed by atoms with Crippen molar-refractivity contribution in [3.05, 3.63) is 131 Å². The summed E-state index contributed by atoms with van der Waals surface area (Å²) in [5, 5.41) is 24.8. The lowest BCUT2D eigenvalue weighted by molar-refractivity contribution is 0.0697. The van der Waals surface area contributed by atoms with Crippen LogP contribution in [0, 0.1) is 11.3 Å². The summed E-state index contributed by atoms with van der Waals surface area (Å²) in [5.74, 6) is -2.09. The summed E-state index contributed by atoms with van der Waals surface area (Å²) < 4.78 is 0. The number of aromatic amines is 1. The molecule has 40 heavy (non-hydrogen) atoms. The van der Waals surface area contributed by atoms with Crippen LogP contribution in [-0.2, 0) is 12.8 Å². The average molecular weight is 529 g/mol. The van der Waals surface area contributed by atoms with Gasteiger partial charge in [0.05, 0.1) is 34.1 Å². The highest BCUT2D eigenvalue weighted by atomic mass is 16.4. The minimum absolute atomic E-state index is 0.0655. The Morgan fingerprint density at radius 3 is 2.27 bits per heavy atom. The molecule has 0 saturated carbocycles. The van der Waals surface area contributed by atoms with Gasteiger partial charge in [-0.25, -0.2) is 4.79 Å². The van der Waals surface area contributed by atoms with E-state index in [1.54, 1.807) is 30.3 Å². The molecule has 8 heteroatoms. The number of carbonyl (C=O) groups is 3. The number of nitrogens with zero attached hydrogens (tertiary/aromatic N) is 1. The quantitative estimate of drug-likeness (QED) is 0.195. The standard InChI is InChI=1S/C32H24N4O4/c33-19-21-14-16-26(25(17-21)32(39)40)35-31(38)28-18-23-10-6-12-27(29(23)34-28)36-30(37)24-11-5-4-9-22(24)15-13-20-7-2-1-3-8-20/h1-12,14,16-18,34H,13,15H2,(H,35,38)(H,36,37)(H,39,40). The van der Waals surface area contributed by atoms with E-state index in [-0.39, 0.29) is 28.4 Å². The monoisotopic (exact) mass is 528 g/mol. The Balaban J connectivity index is 1.36. The van der Waals surface area contributed by atoms with E-state index in [1.165, 1.54) is 23.8 Å². The summed E-state index contributed by atoms with van der Waals surface area (Å²) in [7, 11) is 0. The number of hydrogen-bond donors (Lipinski definition) is 4. The molecule has 0 fully saturated rings. The topological polar surface area (TPSA) is 135 Å². The fourth-order valence-electron chi connectivity index (χ4n) is 4.55. The number of anilines is 2. The van der Waals surface area contributed by atoms with Gasteiger partial charge in [0.1, 0.15) is 5.69 Å². The molecule has 1 heterocycles. The summed E-state index contributed by atoms with van der Waals surface area (Å²) >= 11 is 0. The molecule has 0 atom stereocenters. The molecule has 0 aliphatic heterocycles. The van der Waals surface area contributed by atoms with E-state index in [4.69, 9.17) is 5.26 Å². The molecular weight excluding hydrogens is 504 g/mol. The van der Waals surface area contributed by atoms with E-state index in [9.17, 15) is 19.5 Å². The molecule has 0 aliphatic rings. The van der Waals surface area contributed by atoms with Crippen molar-refractivity contribution >= 4 is 40.1 Å². The van der Waals surface area contributed by atoms with Gasteiger partial charge in [-0.2, -0.15) is 5.26 Å². The number of nitrogens with one attached hydrogen (secondary N) is 3. The first-order valence-corrected chi connectivity index (χ1v) is 12.6. The SMILES string of the molecule is N#Cc1ccc(NC(=O)c2cc3cccc(NC(=O)c4ccccc4CCc4ccccc4)c3[nH]2)c(C(=O)O)c1. The number of fused-ring (bicyclic) bond motifs is 1. The number of aryl methyl sites for hydroxylation is 2. The lowest BCUT2D eigenvalue weighted by atomic mass is 9.99. The van der Waals surface area contributed by atoms with Gasteiger partial charge in [0.2, 0.25) is 0 Å². The molecule has 0 unspecified atom stereocenters. The fraction of sp³-hybridized carbons (Fsp3) is 0.0625. The van der Waals surface area contributed by atoms with Crippen LogP contribution in [0.25, 0.3) is 10.9 Å². The van der Waals surface area contributed by atoms with Gasteiger partial charge in [-0.15, -0.1) is 0 Å². The number of carboxylic acids is 1. The first-order valence-electron chi connectivity index (χ1n) is 12.6. The van der Waals surface area contributed by atoms with Crippen molar-refractivity contribution in [1.82, 2.24) is 4.98 Å². The molecule has 8 nitrogen and oxygen atoms in total. The lowest BCUT2D eigenvalue weighted by Crippen LogP contribution is -2.16. The Morgan fingerprint density at radius 1 is 0.750 bits per heavy atom. The van der Waals surface area contributed by atoms with E-state index >= 15 is 0 Å². The maximum Gasteiger partial charge on any atom is 0.337 e. The van der Waals surface area contributed by atoms with E-state index in [0.29, 0.717) is 28.6 Å². The summed E-state index contributed by atoms with van der Waals surface area (Å²) in [5.41, 5.74) is 3.98. The molecule has 0 saturated heterocycles. The Hall–Kier alpha value is -5.68. The van der Waals surface area contributed by atoms with Crippen LogP contribution in [0.4, 0.5) is 11.4 Å². The van der Waals surface area contributed by atoms with Gasteiger partial charge < -0.3 is 20.7 Å². The summed E-state index contributed by atoms with van der Waals surface area (Å²) in [4.78, 5) is 41.0. The van der Waals surface area contributed by atoms with Gasteiger partial charge in [-0.1, -0.05) is 60.7 Å². The van der Waals surface area contributed by atoms with Crippen LogP contribution in [0.2, 0.25) is 0 Å². The second-order valence-corrected chi connectivity index (χ2v) is 9.18. The summed E-state index contributed by atoms with van der Waals surface area (Å²) in [6.07, 6.45) is 1.51. The van der Waals surface area contributed by atoms with Gasteiger partial charge >= 0.3 is 5.97 Å². The molecule has 0 spiro atoms. The number of benzene rings is 4. The van der Waals surface area contributed by atoms with Crippen LogP contribution in [0.3, 0.4) is 0 Å². The van der Waals surface area contributed by atoms with Crippen molar-refractivity contribution < 1.29 is 19.5 Å². The number of amides is 2. The van der Waals surface area contributed by atoms with Gasteiger partial charge in [-0.05, 0) is 60.4 Å². The highest BCUT2D eigenvalue weighted by Crippen LogP contribution is 2.26. The van der Waals surface area contributed by atoms with Gasteiger partial charge in [0.25, 0.3) is 11.8 Å². The third kappa shape index (κ3) is 5.59. The molecule has 4 aromatic carbocycles. The highest BCUT2D eigenvalue weighted by molar-refractivity contribution is 6.12. The first kappa shape index (κ1) is 25.9. The van der Waals surface area contributed by atoms with Crippen LogP contribution in [-0.4, -0.2) is 27.9 Å². The third-order valence-electron chi connectivity index (χ3n) is 6.56. The number of para-hydroxylation sites is 1. The van der Waals surface area contributed by atoms with Crippen LogP contribution in [0.15, 0.2) is 97.1 Å². The number of hydrogen-bond acceptors (Lipinski definition) is 4. The summed E-state index contributed by atoms with van der Waals surface area (Å²) in [6, 6.07) is 30.4. The predicted octanol–water partition coefficient (Wildman–Crippen LogP) is 6.03. The van der Waals surface area contributed by atoms with Crippen molar-refractivity contribution in [3.8, 4) is 6.07 Å². The van der Waals surface area contributed by atoms with Gasteiger partial charge in [-0.3, -0.25) is 9.59 Å². The Bertz CT molecular complexity index is 1780. The molecule has 2 amide bonds. The minimum atomic E-state index is -1.27. The molecule has 1 aromatic heterocycles. The van der Waals surface area contributed by atoms with Crippen molar-refractivity contribution in [2.75, 3.05) is 10.6 Å². The smallest absolute Gasteiger partial charge is 0.337 e. The first-order chi connectivity index (χ1) is 19.4. The molecule has 0 aliphatic carbocycles.